The van der Waals surface area contributed by atoms with E-state index in [-0.39, 0.29) is 5.91 Å². The van der Waals surface area contributed by atoms with Crippen molar-refractivity contribution in [3.63, 3.8) is 0 Å². The van der Waals surface area contributed by atoms with Crippen LogP contribution in [0.25, 0.3) is 0 Å². The lowest BCUT2D eigenvalue weighted by molar-refractivity contribution is 0.0948. The van der Waals surface area contributed by atoms with Gasteiger partial charge in [0.1, 0.15) is 23.1 Å². The van der Waals surface area contributed by atoms with Crippen LogP contribution in [0.15, 0.2) is 30.3 Å². The number of morpholine rings is 1. The highest BCUT2D eigenvalue weighted by Gasteiger charge is 2.16. The summed E-state index contributed by atoms with van der Waals surface area (Å²) in [5.74, 6) is 1.99. The van der Waals surface area contributed by atoms with Crippen LogP contribution in [0.5, 0.6) is 5.75 Å². The van der Waals surface area contributed by atoms with E-state index in [1.54, 1.807) is 20.1 Å². The van der Waals surface area contributed by atoms with Crippen molar-refractivity contribution >= 4 is 11.7 Å². The van der Waals surface area contributed by atoms with Crippen LogP contribution < -0.4 is 15.0 Å². The van der Waals surface area contributed by atoms with E-state index >= 15 is 0 Å². The lowest BCUT2D eigenvalue weighted by Crippen LogP contribution is -2.37. The Morgan fingerprint density at radius 2 is 2.08 bits per heavy atom. The molecule has 26 heavy (non-hydrogen) atoms. The van der Waals surface area contributed by atoms with Crippen LogP contribution in [0.4, 0.5) is 5.82 Å². The highest BCUT2D eigenvalue weighted by molar-refractivity contribution is 5.92. The number of hydrogen-bond donors (Lipinski definition) is 1. The second-order valence-electron chi connectivity index (χ2n) is 6.12. The summed E-state index contributed by atoms with van der Waals surface area (Å²) < 4.78 is 10.6. The molecule has 3 rings (SSSR count). The number of nitrogens with one attached hydrogen (secondary N) is 1. The molecular formula is C19H24N4O3. The molecule has 0 radical (unpaired) electrons. The predicted molar refractivity (Wildman–Crippen MR) is 98.8 cm³/mol. The number of aromatic nitrogens is 2. The molecule has 2 heterocycles. The van der Waals surface area contributed by atoms with E-state index < -0.39 is 0 Å². The first-order valence-corrected chi connectivity index (χ1v) is 8.75. The average molecular weight is 356 g/mol. The SMILES string of the molecule is COc1cccc(CCNC(=O)c2cc(N3CCOCC3)nc(C)n2)c1. The summed E-state index contributed by atoms with van der Waals surface area (Å²) in [6, 6.07) is 9.58. The standard InChI is InChI=1S/C19H24N4O3/c1-14-21-17(13-18(22-14)23-8-10-26-11-9-23)19(24)20-7-6-15-4-3-5-16(12-15)25-2/h3-5,12-13H,6-11H2,1-2H3,(H,20,24). The molecule has 1 fully saturated rings. The van der Waals surface area contributed by atoms with Crippen LogP contribution in [0.2, 0.25) is 0 Å². The molecule has 0 bridgehead atoms. The summed E-state index contributed by atoms with van der Waals surface area (Å²) in [7, 11) is 1.64. The van der Waals surface area contributed by atoms with E-state index in [0.29, 0.717) is 31.3 Å². The van der Waals surface area contributed by atoms with Crippen molar-refractivity contribution in [2.24, 2.45) is 0 Å². The lowest BCUT2D eigenvalue weighted by atomic mass is 10.1. The number of carbonyl (C=O) groups is 1. The van der Waals surface area contributed by atoms with E-state index in [2.05, 4.69) is 20.2 Å². The van der Waals surface area contributed by atoms with Gasteiger partial charge in [0.25, 0.3) is 5.91 Å². The zero-order valence-electron chi connectivity index (χ0n) is 15.2. The van der Waals surface area contributed by atoms with Crippen LogP contribution in [-0.4, -0.2) is 55.8 Å². The van der Waals surface area contributed by atoms with E-state index in [1.807, 2.05) is 24.3 Å². The monoisotopic (exact) mass is 356 g/mol. The Morgan fingerprint density at radius 1 is 1.27 bits per heavy atom. The van der Waals surface area contributed by atoms with Gasteiger partial charge in [0, 0.05) is 25.7 Å². The van der Waals surface area contributed by atoms with E-state index in [0.717, 1.165) is 36.6 Å². The molecule has 1 aromatic heterocycles. The van der Waals surface area contributed by atoms with Gasteiger partial charge in [-0.25, -0.2) is 9.97 Å². The molecule has 1 amide bonds. The number of hydrogen-bond acceptors (Lipinski definition) is 6. The van der Waals surface area contributed by atoms with Crippen molar-refractivity contribution < 1.29 is 14.3 Å². The second kappa shape index (κ2) is 8.62. The van der Waals surface area contributed by atoms with Gasteiger partial charge in [-0.2, -0.15) is 0 Å². The van der Waals surface area contributed by atoms with Crippen molar-refractivity contribution in [2.45, 2.75) is 13.3 Å². The first-order chi connectivity index (χ1) is 12.7. The minimum Gasteiger partial charge on any atom is -0.497 e. The second-order valence-corrected chi connectivity index (χ2v) is 6.12. The number of nitrogens with zero attached hydrogens (tertiary/aromatic N) is 3. The summed E-state index contributed by atoms with van der Waals surface area (Å²) in [4.78, 5) is 23.3. The van der Waals surface area contributed by atoms with Crippen LogP contribution in [0.3, 0.4) is 0 Å². The number of benzene rings is 1. The third-order valence-corrected chi connectivity index (χ3v) is 4.23. The number of anilines is 1. The lowest BCUT2D eigenvalue weighted by Gasteiger charge is -2.28. The Labute approximate surface area is 153 Å². The molecule has 1 saturated heterocycles. The van der Waals surface area contributed by atoms with Crippen LogP contribution >= 0.6 is 0 Å². The van der Waals surface area contributed by atoms with Crippen molar-refractivity contribution in [2.75, 3.05) is 44.9 Å². The first kappa shape index (κ1) is 18.1. The molecule has 0 atom stereocenters. The average Bonchev–Trinajstić information content (AvgIpc) is 2.68. The molecule has 7 heteroatoms. The Morgan fingerprint density at radius 3 is 2.85 bits per heavy atom. The number of methoxy groups -OCH3 is 1. The Balaban J connectivity index is 1.61. The van der Waals surface area contributed by atoms with E-state index in [4.69, 9.17) is 9.47 Å². The third kappa shape index (κ3) is 4.70. The molecular weight excluding hydrogens is 332 g/mol. The van der Waals surface area contributed by atoms with Gasteiger partial charge in [0.05, 0.1) is 20.3 Å². The van der Waals surface area contributed by atoms with Gasteiger partial charge in [0.15, 0.2) is 0 Å². The zero-order valence-corrected chi connectivity index (χ0v) is 15.2. The van der Waals surface area contributed by atoms with Gasteiger partial charge in [0.2, 0.25) is 0 Å². The fraction of sp³-hybridized carbons (Fsp3) is 0.421. The van der Waals surface area contributed by atoms with E-state index in [9.17, 15) is 4.79 Å². The number of ether oxygens (including phenoxy) is 2. The van der Waals surface area contributed by atoms with Gasteiger partial charge >= 0.3 is 0 Å². The summed E-state index contributed by atoms with van der Waals surface area (Å²) >= 11 is 0. The fourth-order valence-corrected chi connectivity index (χ4v) is 2.86. The molecule has 2 aromatic rings. The minimum atomic E-state index is -0.187. The smallest absolute Gasteiger partial charge is 0.270 e. The van der Waals surface area contributed by atoms with Crippen molar-refractivity contribution in [1.29, 1.82) is 0 Å². The maximum absolute atomic E-state index is 12.5. The largest absolute Gasteiger partial charge is 0.497 e. The predicted octanol–water partition coefficient (Wildman–Crippen LogP) is 1.60. The van der Waals surface area contributed by atoms with Gasteiger partial charge in [-0.15, -0.1) is 0 Å². The highest BCUT2D eigenvalue weighted by Crippen LogP contribution is 2.15. The van der Waals surface area contributed by atoms with Gasteiger partial charge < -0.3 is 19.7 Å². The molecule has 0 saturated carbocycles. The van der Waals surface area contributed by atoms with E-state index in [1.165, 1.54) is 0 Å². The summed E-state index contributed by atoms with van der Waals surface area (Å²) in [6.07, 6.45) is 0.726. The minimum absolute atomic E-state index is 0.187. The summed E-state index contributed by atoms with van der Waals surface area (Å²) in [5, 5.41) is 2.93. The van der Waals surface area contributed by atoms with Crippen molar-refractivity contribution in [3.8, 4) is 5.75 Å². The molecule has 1 N–H and O–H groups in total. The molecule has 1 aliphatic heterocycles. The normalized spacial score (nSPS) is 14.2. The number of amides is 1. The Kier molecular flexibility index (Phi) is 6.01. The zero-order chi connectivity index (χ0) is 18.4. The molecule has 0 unspecified atom stereocenters. The number of aryl methyl sites for hydroxylation is 1. The number of rotatable bonds is 6. The fourth-order valence-electron chi connectivity index (χ4n) is 2.86. The molecule has 1 aliphatic rings. The summed E-state index contributed by atoms with van der Waals surface area (Å²) in [6.45, 7) is 5.22. The van der Waals surface area contributed by atoms with Gasteiger partial charge in [-0.1, -0.05) is 12.1 Å². The van der Waals surface area contributed by atoms with Crippen LogP contribution in [-0.2, 0) is 11.2 Å². The van der Waals surface area contributed by atoms with Crippen molar-refractivity contribution in [3.05, 3.63) is 47.4 Å². The third-order valence-electron chi connectivity index (χ3n) is 4.23. The molecule has 1 aromatic carbocycles. The molecule has 0 aliphatic carbocycles. The maximum atomic E-state index is 12.5. The van der Waals surface area contributed by atoms with Crippen molar-refractivity contribution in [1.82, 2.24) is 15.3 Å². The maximum Gasteiger partial charge on any atom is 0.270 e. The Bertz CT molecular complexity index is 760. The Hall–Kier alpha value is -2.67. The highest BCUT2D eigenvalue weighted by atomic mass is 16.5. The first-order valence-electron chi connectivity index (χ1n) is 8.75. The van der Waals surface area contributed by atoms with Crippen LogP contribution in [0.1, 0.15) is 21.9 Å². The molecule has 7 nitrogen and oxygen atoms in total. The molecule has 138 valence electrons. The quantitative estimate of drug-likeness (QED) is 0.847. The van der Waals surface area contributed by atoms with Crippen LogP contribution in [0, 0.1) is 6.92 Å². The topological polar surface area (TPSA) is 76.6 Å². The summed E-state index contributed by atoms with van der Waals surface area (Å²) in [5.41, 5.74) is 1.50. The van der Waals surface area contributed by atoms with Gasteiger partial charge in [-0.05, 0) is 31.0 Å². The van der Waals surface area contributed by atoms with Gasteiger partial charge in [-0.3, -0.25) is 4.79 Å². The number of carbonyl (C=O) groups excluding carboxylic acids is 1. The molecule has 0 spiro atoms.